The molecule has 0 aromatic heterocycles. The third kappa shape index (κ3) is 59.6. The molecule has 0 spiro atoms. The Morgan fingerprint density at radius 2 is 0.539 bits per heavy atom. The lowest BCUT2D eigenvalue weighted by molar-refractivity contribution is -0.166. The zero-order chi connectivity index (χ0) is 55.0. The van der Waals surface area contributed by atoms with Crippen molar-refractivity contribution in [3.05, 3.63) is 170 Å². The predicted octanol–water partition coefficient (Wildman–Crippen LogP) is 20.7. The smallest absolute Gasteiger partial charge is 0.306 e. The second-order valence-electron chi connectivity index (χ2n) is 19.1. The van der Waals surface area contributed by atoms with Crippen molar-refractivity contribution >= 4 is 17.9 Å². The Labute approximate surface area is 466 Å². The average Bonchev–Trinajstić information content (AvgIpc) is 3.42. The lowest BCUT2D eigenvalue weighted by Crippen LogP contribution is -2.30. The molecular formula is C70H108O6. The van der Waals surface area contributed by atoms with Crippen LogP contribution in [0.25, 0.3) is 0 Å². The van der Waals surface area contributed by atoms with Gasteiger partial charge >= 0.3 is 17.9 Å². The molecule has 0 saturated carbocycles. The minimum absolute atomic E-state index is 0.126. The molecule has 0 N–H and O–H groups in total. The fourth-order valence-corrected chi connectivity index (χ4v) is 7.54. The van der Waals surface area contributed by atoms with Gasteiger partial charge < -0.3 is 14.2 Å². The Kier molecular flexibility index (Phi) is 58.0. The van der Waals surface area contributed by atoms with E-state index in [1.54, 1.807) is 0 Å². The SMILES string of the molecule is CC/C=C\C/C=C\C/C=C\C/C=C\C/C=C\C/C=C\C/C=C\C/C=C\C/C=C\C/C=C\CCCCC(=O)OCC(COC(=O)CCCCCCCCCCCCCC)OC(=O)CC/C=C\C/C=C\C/C=C\C/C=C\CC. The van der Waals surface area contributed by atoms with Crippen LogP contribution in [0.15, 0.2) is 170 Å². The number of unbranched alkanes of at least 4 members (excludes halogenated alkanes) is 13. The van der Waals surface area contributed by atoms with Crippen LogP contribution >= 0.6 is 0 Å². The number of hydrogen-bond donors (Lipinski definition) is 0. The molecule has 0 rings (SSSR count). The van der Waals surface area contributed by atoms with E-state index in [1.165, 1.54) is 57.8 Å². The van der Waals surface area contributed by atoms with Crippen LogP contribution in [0.3, 0.4) is 0 Å². The largest absolute Gasteiger partial charge is 0.462 e. The van der Waals surface area contributed by atoms with Gasteiger partial charge in [0.05, 0.1) is 0 Å². The fraction of sp³-hybridized carbons (Fsp3) is 0.557. The second-order valence-corrected chi connectivity index (χ2v) is 19.1. The van der Waals surface area contributed by atoms with Gasteiger partial charge in [-0.05, 0) is 122 Å². The van der Waals surface area contributed by atoms with Crippen LogP contribution in [0.1, 0.15) is 233 Å². The van der Waals surface area contributed by atoms with Crippen molar-refractivity contribution in [3.8, 4) is 0 Å². The van der Waals surface area contributed by atoms with E-state index in [9.17, 15) is 14.4 Å². The Morgan fingerprint density at radius 3 is 0.855 bits per heavy atom. The first-order valence-corrected chi connectivity index (χ1v) is 30.1. The van der Waals surface area contributed by atoms with Gasteiger partial charge in [-0.3, -0.25) is 14.4 Å². The van der Waals surface area contributed by atoms with Crippen LogP contribution in [-0.2, 0) is 28.6 Å². The van der Waals surface area contributed by atoms with Crippen LogP contribution in [-0.4, -0.2) is 37.2 Å². The molecule has 0 aliphatic carbocycles. The molecule has 0 aromatic carbocycles. The molecule has 6 heteroatoms. The molecule has 76 heavy (non-hydrogen) atoms. The van der Waals surface area contributed by atoms with E-state index in [-0.39, 0.29) is 38.0 Å². The molecule has 0 aromatic rings. The summed E-state index contributed by atoms with van der Waals surface area (Å²) >= 11 is 0. The average molecular weight is 1050 g/mol. The normalized spacial score (nSPS) is 13.4. The summed E-state index contributed by atoms with van der Waals surface area (Å²) in [7, 11) is 0. The van der Waals surface area contributed by atoms with E-state index in [0.29, 0.717) is 19.3 Å². The number of allylic oxidation sites excluding steroid dienone is 28. The van der Waals surface area contributed by atoms with Crippen molar-refractivity contribution in [3.63, 3.8) is 0 Å². The number of hydrogen-bond acceptors (Lipinski definition) is 6. The maximum atomic E-state index is 12.8. The van der Waals surface area contributed by atoms with E-state index in [1.807, 2.05) is 12.2 Å². The minimum atomic E-state index is -0.840. The van der Waals surface area contributed by atoms with E-state index in [2.05, 4.69) is 179 Å². The summed E-state index contributed by atoms with van der Waals surface area (Å²) in [6, 6.07) is 0. The highest BCUT2D eigenvalue weighted by molar-refractivity contribution is 5.71. The summed E-state index contributed by atoms with van der Waals surface area (Å²) in [4.78, 5) is 38.0. The van der Waals surface area contributed by atoms with Gasteiger partial charge in [0, 0.05) is 19.3 Å². The third-order valence-corrected chi connectivity index (χ3v) is 12.0. The Bertz CT molecular complexity index is 1770. The van der Waals surface area contributed by atoms with Crippen molar-refractivity contribution in [1.29, 1.82) is 0 Å². The molecule has 1 unspecified atom stereocenters. The molecule has 0 bridgehead atoms. The van der Waals surface area contributed by atoms with Crippen molar-refractivity contribution < 1.29 is 28.6 Å². The van der Waals surface area contributed by atoms with E-state index in [0.717, 1.165) is 122 Å². The fourth-order valence-electron chi connectivity index (χ4n) is 7.54. The molecule has 0 amide bonds. The van der Waals surface area contributed by atoms with Crippen molar-refractivity contribution in [1.82, 2.24) is 0 Å². The molecule has 1 atom stereocenters. The van der Waals surface area contributed by atoms with Crippen molar-refractivity contribution in [2.45, 2.75) is 239 Å². The van der Waals surface area contributed by atoms with Crippen LogP contribution in [0.4, 0.5) is 0 Å². The van der Waals surface area contributed by atoms with E-state index >= 15 is 0 Å². The minimum Gasteiger partial charge on any atom is -0.462 e. The number of rotatable bonds is 52. The second kappa shape index (κ2) is 62.3. The molecule has 0 aliphatic rings. The lowest BCUT2D eigenvalue weighted by atomic mass is 10.0. The van der Waals surface area contributed by atoms with Gasteiger partial charge in [0.1, 0.15) is 13.2 Å². The highest BCUT2D eigenvalue weighted by Gasteiger charge is 2.19. The first-order chi connectivity index (χ1) is 37.5. The van der Waals surface area contributed by atoms with E-state index < -0.39 is 12.1 Å². The standard InChI is InChI=1S/C70H108O6/c1-4-7-10-13-16-19-22-25-26-27-28-29-30-31-32-33-34-35-36-37-38-39-40-41-42-43-44-46-48-51-54-57-60-63-69(72)75-66-67(65-74-68(71)62-59-56-53-50-47-24-21-18-15-12-9-6-3)76-70(73)64-61-58-55-52-49-45-23-20-17-14-11-8-5-2/h7-8,10-11,16-17,19-20,25-26,28-29,31-32,34-35,37-38,40-41,43-45,48-49,51,55,58,67H,4-6,9,12-15,18,21-24,27,30,33,36,39,42,46-47,50,52-54,56-57,59-66H2,1-3H3/b10-7-,11-8-,19-16-,20-17-,26-25-,29-28-,32-31-,35-34-,38-37-,41-40-,44-43-,49-45-,51-48-,58-55-. The summed E-state index contributed by atoms with van der Waals surface area (Å²) in [6.45, 7) is 6.29. The first-order valence-electron chi connectivity index (χ1n) is 30.1. The van der Waals surface area contributed by atoms with Gasteiger partial charge in [-0.25, -0.2) is 0 Å². The van der Waals surface area contributed by atoms with Crippen LogP contribution in [0.5, 0.6) is 0 Å². The molecule has 6 nitrogen and oxygen atoms in total. The molecule has 0 saturated heterocycles. The van der Waals surface area contributed by atoms with Gasteiger partial charge in [0.25, 0.3) is 0 Å². The maximum absolute atomic E-state index is 12.8. The Hall–Kier alpha value is -5.23. The van der Waals surface area contributed by atoms with Gasteiger partial charge in [0.15, 0.2) is 6.10 Å². The molecule has 0 radical (unpaired) electrons. The van der Waals surface area contributed by atoms with Gasteiger partial charge in [-0.15, -0.1) is 0 Å². The van der Waals surface area contributed by atoms with Crippen LogP contribution in [0, 0.1) is 0 Å². The summed E-state index contributed by atoms with van der Waals surface area (Å²) in [6.07, 6.45) is 92.4. The summed E-state index contributed by atoms with van der Waals surface area (Å²) in [5, 5.41) is 0. The van der Waals surface area contributed by atoms with Crippen LogP contribution in [0.2, 0.25) is 0 Å². The van der Waals surface area contributed by atoms with Crippen LogP contribution < -0.4 is 0 Å². The molecule has 0 aliphatic heterocycles. The number of carbonyl (C=O) groups excluding carboxylic acids is 3. The molecule has 0 fully saturated rings. The quantitative estimate of drug-likeness (QED) is 0.0261. The molecular weight excluding hydrogens is 937 g/mol. The summed E-state index contributed by atoms with van der Waals surface area (Å²) < 4.78 is 16.7. The highest BCUT2D eigenvalue weighted by atomic mass is 16.6. The summed E-state index contributed by atoms with van der Waals surface area (Å²) in [5.74, 6) is -1.06. The monoisotopic (exact) mass is 1040 g/mol. The Balaban J connectivity index is 4.40. The van der Waals surface area contributed by atoms with Gasteiger partial charge in [-0.2, -0.15) is 0 Å². The predicted molar refractivity (Wildman–Crippen MR) is 329 cm³/mol. The summed E-state index contributed by atoms with van der Waals surface area (Å²) in [5.41, 5.74) is 0. The Morgan fingerprint density at radius 1 is 0.276 bits per heavy atom. The first kappa shape index (κ1) is 70.8. The zero-order valence-electron chi connectivity index (χ0n) is 48.4. The maximum Gasteiger partial charge on any atom is 0.306 e. The zero-order valence-corrected chi connectivity index (χ0v) is 48.4. The highest BCUT2D eigenvalue weighted by Crippen LogP contribution is 2.14. The third-order valence-electron chi connectivity index (χ3n) is 12.0. The van der Waals surface area contributed by atoms with Gasteiger partial charge in [0.2, 0.25) is 0 Å². The van der Waals surface area contributed by atoms with E-state index in [4.69, 9.17) is 14.2 Å². The molecule has 0 heterocycles. The van der Waals surface area contributed by atoms with Crippen molar-refractivity contribution in [2.24, 2.45) is 0 Å². The number of esters is 3. The topological polar surface area (TPSA) is 78.9 Å². The number of ether oxygens (including phenoxy) is 3. The number of carbonyl (C=O) groups is 3. The van der Waals surface area contributed by atoms with Gasteiger partial charge in [-0.1, -0.05) is 262 Å². The van der Waals surface area contributed by atoms with Crippen molar-refractivity contribution in [2.75, 3.05) is 13.2 Å². The molecule has 424 valence electrons. The lowest BCUT2D eigenvalue weighted by Gasteiger charge is -2.18.